The zero-order valence-electron chi connectivity index (χ0n) is 9.14. The molecule has 0 aliphatic carbocycles. The maximum absolute atomic E-state index is 11.5. The molecule has 0 spiro atoms. The summed E-state index contributed by atoms with van der Waals surface area (Å²) in [5.41, 5.74) is 0. The molecule has 0 aromatic carbocycles. The van der Waals surface area contributed by atoms with Crippen molar-refractivity contribution in [3.8, 4) is 0 Å². The van der Waals surface area contributed by atoms with Gasteiger partial charge in [0.2, 0.25) is 5.76 Å². The van der Waals surface area contributed by atoms with E-state index in [4.69, 9.17) is 9.52 Å². The molecule has 0 bridgehead atoms. The molecule has 88 valence electrons. The van der Waals surface area contributed by atoms with Crippen molar-refractivity contribution in [2.75, 3.05) is 0 Å². The van der Waals surface area contributed by atoms with E-state index in [1.165, 1.54) is 6.20 Å². The highest BCUT2D eigenvalue weighted by Crippen LogP contribution is 2.09. The van der Waals surface area contributed by atoms with Crippen LogP contribution in [0.1, 0.15) is 30.8 Å². The van der Waals surface area contributed by atoms with Crippen LogP contribution in [0.25, 0.3) is 0 Å². The van der Waals surface area contributed by atoms with Crippen LogP contribution in [0, 0.1) is 5.92 Å². The topological polar surface area (TPSA) is 92.4 Å². The standard InChI is InChI=1S/C10H14N2O4/c1-3-6(2)8(10(14)15)12-9(13)7-4-11-5-16-7/h4-6,8H,3H2,1-2H3,(H,12,13)(H,14,15)/t6-,8-/m0/s1. The van der Waals surface area contributed by atoms with Gasteiger partial charge in [-0.2, -0.15) is 0 Å². The molecule has 1 amide bonds. The number of hydrogen-bond acceptors (Lipinski definition) is 4. The van der Waals surface area contributed by atoms with E-state index in [-0.39, 0.29) is 11.7 Å². The molecule has 0 unspecified atom stereocenters. The third-order valence-electron chi connectivity index (χ3n) is 2.42. The summed E-state index contributed by atoms with van der Waals surface area (Å²) in [6, 6.07) is -0.914. The Hall–Kier alpha value is -1.85. The van der Waals surface area contributed by atoms with E-state index in [1.807, 2.05) is 6.92 Å². The molecule has 1 aromatic rings. The second kappa shape index (κ2) is 5.29. The zero-order chi connectivity index (χ0) is 12.1. The maximum Gasteiger partial charge on any atom is 0.326 e. The van der Waals surface area contributed by atoms with E-state index in [9.17, 15) is 9.59 Å². The lowest BCUT2D eigenvalue weighted by molar-refractivity contribution is -0.140. The summed E-state index contributed by atoms with van der Waals surface area (Å²) in [5.74, 6) is -1.76. The smallest absolute Gasteiger partial charge is 0.326 e. The molecule has 2 atom stereocenters. The maximum atomic E-state index is 11.5. The van der Waals surface area contributed by atoms with Gasteiger partial charge in [-0.25, -0.2) is 9.78 Å². The Kier molecular flexibility index (Phi) is 4.04. The first-order valence-electron chi connectivity index (χ1n) is 4.98. The van der Waals surface area contributed by atoms with Crippen molar-refractivity contribution in [2.45, 2.75) is 26.3 Å². The summed E-state index contributed by atoms with van der Waals surface area (Å²) in [5, 5.41) is 11.4. The van der Waals surface area contributed by atoms with Crippen molar-refractivity contribution in [3.63, 3.8) is 0 Å². The second-order valence-corrected chi connectivity index (χ2v) is 3.54. The molecular weight excluding hydrogens is 212 g/mol. The van der Waals surface area contributed by atoms with Crippen molar-refractivity contribution < 1.29 is 19.1 Å². The lowest BCUT2D eigenvalue weighted by Crippen LogP contribution is -2.44. The molecule has 0 fully saturated rings. The minimum atomic E-state index is -1.05. The minimum Gasteiger partial charge on any atom is -0.480 e. The van der Waals surface area contributed by atoms with E-state index in [0.717, 1.165) is 6.39 Å². The average Bonchev–Trinajstić information content (AvgIpc) is 2.77. The van der Waals surface area contributed by atoms with Gasteiger partial charge in [0.15, 0.2) is 6.39 Å². The van der Waals surface area contributed by atoms with Gasteiger partial charge in [0.25, 0.3) is 5.91 Å². The fourth-order valence-corrected chi connectivity index (χ4v) is 1.22. The number of carboxylic acid groups (broad SMARTS) is 1. The number of hydrogen-bond donors (Lipinski definition) is 2. The van der Waals surface area contributed by atoms with Gasteiger partial charge in [-0.15, -0.1) is 0 Å². The van der Waals surface area contributed by atoms with E-state index < -0.39 is 17.9 Å². The molecule has 0 saturated heterocycles. The predicted molar refractivity (Wildman–Crippen MR) is 54.8 cm³/mol. The first-order chi connectivity index (χ1) is 7.56. The number of nitrogens with one attached hydrogen (secondary N) is 1. The van der Waals surface area contributed by atoms with Crippen LogP contribution in [0.2, 0.25) is 0 Å². The van der Waals surface area contributed by atoms with Crippen LogP contribution in [0.3, 0.4) is 0 Å². The molecular formula is C10H14N2O4. The largest absolute Gasteiger partial charge is 0.480 e. The first-order valence-corrected chi connectivity index (χ1v) is 4.98. The van der Waals surface area contributed by atoms with Crippen molar-refractivity contribution in [3.05, 3.63) is 18.4 Å². The van der Waals surface area contributed by atoms with Crippen LogP contribution in [0.4, 0.5) is 0 Å². The summed E-state index contributed by atoms with van der Waals surface area (Å²) in [6.07, 6.45) is 3.02. The lowest BCUT2D eigenvalue weighted by Gasteiger charge is -2.19. The SMILES string of the molecule is CC[C@H](C)[C@H](NC(=O)c1cnco1)C(=O)O. The minimum absolute atomic E-state index is 0.00885. The van der Waals surface area contributed by atoms with Crippen LogP contribution in [-0.4, -0.2) is 28.0 Å². The number of nitrogens with zero attached hydrogens (tertiary/aromatic N) is 1. The van der Waals surface area contributed by atoms with E-state index >= 15 is 0 Å². The number of carbonyl (C=O) groups excluding carboxylic acids is 1. The number of amides is 1. The summed E-state index contributed by atoms with van der Waals surface area (Å²) in [4.78, 5) is 26.1. The van der Waals surface area contributed by atoms with Crippen molar-refractivity contribution in [1.29, 1.82) is 0 Å². The van der Waals surface area contributed by atoms with Crippen molar-refractivity contribution in [1.82, 2.24) is 10.3 Å². The summed E-state index contributed by atoms with van der Waals surface area (Å²) >= 11 is 0. The highest BCUT2D eigenvalue weighted by Gasteiger charge is 2.26. The summed E-state index contributed by atoms with van der Waals surface area (Å²) in [7, 11) is 0. The van der Waals surface area contributed by atoms with Gasteiger partial charge in [0.1, 0.15) is 6.04 Å². The van der Waals surface area contributed by atoms with Gasteiger partial charge in [-0.3, -0.25) is 4.79 Å². The Bertz CT molecular complexity index is 361. The Morgan fingerprint density at radius 2 is 2.31 bits per heavy atom. The van der Waals surface area contributed by atoms with Crippen molar-refractivity contribution in [2.24, 2.45) is 5.92 Å². The van der Waals surface area contributed by atoms with Gasteiger partial charge < -0.3 is 14.8 Å². The molecule has 1 aromatic heterocycles. The van der Waals surface area contributed by atoms with Crippen LogP contribution >= 0.6 is 0 Å². The molecule has 16 heavy (non-hydrogen) atoms. The normalized spacial score (nSPS) is 14.1. The molecule has 2 N–H and O–H groups in total. The van der Waals surface area contributed by atoms with Gasteiger partial charge >= 0.3 is 5.97 Å². The molecule has 0 radical (unpaired) electrons. The van der Waals surface area contributed by atoms with Gasteiger partial charge in [-0.1, -0.05) is 20.3 Å². The van der Waals surface area contributed by atoms with Crippen LogP contribution in [0.15, 0.2) is 17.0 Å². The second-order valence-electron chi connectivity index (χ2n) is 3.54. The molecule has 1 heterocycles. The number of carboxylic acids is 1. The Balaban J connectivity index is 2.69. The zero-order valence-corrected chi connectivity index (χ0v) is 9.14. The molecule has 1 rings (SSSR count). The first kappa shape index (κ1) is 12.2. The number of aliphatic carboxylic acids is 1. The molecule has 6 heteroatoms. The van der Waals surface area contributed by atoms with Gasteiger partial charge in [0, 0.05) is 0 Å². The Morgan fingerprint density at radius 1 is 1.62 bits per heavy atom. The van der Waals surface area contributed by atoms with Crippen LogP contribution in [-0.2, 0) is 4.79 Å². The number of rotatable bonds is 5. The van der Waals surface area contributed by atoms with Gasteiger partial charge in [-0.05, 0) is 5.92 Å². The van der Waals surface area contributed by atoms with E-state index in [2.05, 4.69) is 10.3 Å². The number of oxazole rings is 1. The van der Waals surface area contributed by atoms with Gasteiger partial charge in [0.05, 0.1) is 6.20 Å². The summed E-state index contributed by atoms with van der Waals surface area (Å²) in [6.45, 7) is 3.63. The quantitative estimate of drug-likeness (QED) is 0.778. The predicted octanol–water partition coefficient (Wildman–Crippen LogP) is 0.904. The fraction of sp³-hybridized carbons (Fsp3) is 0.500. The third kappa shape index (κ3) is 2.82. The highest BCUT2D eigenvalue weighted by molar-refractivity contribution is 5.94. The molecule has 6 nitrogen and oxygen atoms in total. The fourth-order valence-electron chi connectivity index (χ4n) is 1.22. The molecule has 0 aliphatic rings. The molecule has 0 aliphatic heterocycles. The van der Waals surface area contributed by atoms with Crippen LogP contribution in [0.5, 0.6) is 0 Å². The highest BCUT2D eigenvalue weighted by atomic mass is 16.4. The monoisotopic (exact) mass is 226 g/mol. The lowest BCUT2D eigenvalue weighted by atomic mass is 9.99. The van der Waals surface area contributed by atoms with Crippen LogP contribution < -0.4 is 5.32 Å². The number of carbonyl (C=O) groups is 2. The third-order valence-corrected chi connectivity index (χ3v) is 2.42. The summed E-state index contributed by atoms with van der Waals surface area (Å²) < 4.78 is 4.77. The van der Waals surface area contributed by atoms with E-state index in [1.54, 1.807) is 6.92 Å². The average molecular weight is 226 g/mol. The molecule has 0 saturated carbocycles. The Morgan fingerprint density at radius 3 is 2.75 bits per heavy atom. The van der Waals surface area contributed by atoms with Crippen molar-refractivity contribution >= 4 is 11.9 Å². The number of aromatic nitrogens is 1. The van der Waals surface area contributed by atoms with E-state index in [0.29, 0.717) is 6.42 Å². The Labute approximate surface area is 92.7 Å².